The molecule has 0 aliphatic heterocycles. The predicted molar refractivity (Wildman–Crippen MR) is 206 cm³/mol. The Morgan fingerprint density at radius 3 is 0.0250 bits per heavy atom. The molecule has 0 nitrogen and oxygen atoms in total. The molecule has 0 aromatic heterocycles. The van der Waals surface area contributed by atoms with Crippen molar-refractivity contribution in [1.29, 1.82) is 0 Å². The zero-order chi connectivity index (χ0) is 0. The molecule has 0 atom stereocenters. The maximum atomic E-state index is 0. The van der Waals surface area contributed by atoms with Crippen LogP contribution in [0.3, 0.4) is 0 Å². The number of hydrogen-bond donors (Lipinski definition) is 0. The van der Waals surface area contributed by atoms with E-state index in [0.717, 1.165) is 0 Å². The summed E-state index contributed by atoms with van der Waals surface area (Å²) >= 11 is 0. The van der Waals surface area contributed by atoms with E-state index in [1.807, 2.05) is 0 Å². The van der Waals surface area contributed by atoms with Gasteiger partial charge in [-0.3, -0.25) is 0 Å². The molecule has 0 aromatic rings. The zero-order valence-corrected chi connectivity index (χ0v) is 191. The number of hydrogen-bond acceptors (Lipinski definition) is 0. The topological polar surface area (TPSA) is 0 Å². The molecular formula is H20Br70Li50. The van der Waals surface area contributed by atoms with Crippen LogP contribution >= 0.6 is 340 Å². The third kappa shape index (κ3) is 1470. The molecule has 0 radical (unpaired) electrons. The van der Waals surface area contributed by atoms with Crippen molar-refractivity contribution in [2.75, 3.05) is 0 Å². The van der Waals surface area contributed by atoms with Gasteiger partial charge in [0.2, 0.25) is 0 Å². The van der Waals surface area contributed by atoms with Gasteiger partial charge >= 0.3 is 943 Å². The molecule has 0 aliphatic carbocycles. The van der Waals surface area contributed by atoms with E-state index in [-0.39, 0.29) is 2130 Å². The molecule has 0 aliphatic rings. The maximum Gasteiger partial charge on any atom is 1.00 e. The molecule has 120 heavy (non-hydrogen) atoms. The molecule has 0 N–H and O–H groups in total. The number of halogens is 70. The molecule has 0 bridgehead atoms. The molecule has 0 unspecified atom stereocenters. The molecule has 0 rings (SSSR count). The van der Waals surface area contributed by atoms with Gasteiger partial charge in [-0.05, 0) is 0 Å². The van der Waals surface area contributed by atoms with E-state index in [2.05, 4.69) is 0 Å². The minimum Gasteiger partial charge on any atom is -1.00 e. The summed E-state index contributed by atoms with van der Waals surface area (Å²) in [6, 6.07) is 0. The van der Waals surface area contributed by atoms with Crippen LogP contribution in [0.2, 0.25) is 0 Å². The van der Waals surface area contributed by atoms with Crippen LogP contribution in [0.1, 0.15) is 0 Å². The molecular weight excluding hydrogens is 5940 g/mol. The summed E-state index contributed by atoms with van der Waals surface area (Å²) < 4.78 is 0. The van der Waals surface area contributed by atoms with Crippen molar-refractivity contribution in [3.63, 3.8) is 0 Å². The Bertz CT molecular complexity index is 118. The summed E-state index contributed by atoms with van der Waals surface area (Å²) in [7, 11) is 0. The van der Waals surface area contributed by atoms with Gasteiger partial charge in [-0.1, -0.05) is 0 Å². The van der Waals surface area contributed by atoms with E-state index in [9.17, 15) is 0 Å². The average Bonchev–Trinajstić information content (AvgIpc) is 0. The van der Waals surface area contributed by atoms with Crippen LogP contribution in [-0.2, 0) is 0 Å². The van der Waals surface area contributed by atoms with Crippen molar-refractivity contribution in [3.05, 3.63) is 0 Å². The van der Waals surface area contributed by atoms with Crippen LogP contribution in [0.15, 0.2) is 0 Å². The fourth-order valence-corrected chi connectivity index (χ4v) is 0. The minimum atomic E-state index is 0. The van der Waals surface area contributed by atoms with Crippen LogP contribution in [0.4, 0.5) is 0 Å². The van der Waals surface area contributed by atoms with Gasteiger partial charge in [-0.2, -0.15) is 0 Å². The van der Waals surface area contributed by atoms with Gasteiger partial charge in [0, 0.05) is 0 Å². The van der Waals surface area contributed by atoms with Gasteiger partial charge in [0.05, 0.1) is 0 Å². The largest absolute Gasteiger partial charge is 1.00 e. The van der Waals surface area contributed by atoms with Gasteiger partial charge in [-0.25, -0.2) is 0 Å². The summed E-state index contributed by atoms with van der Waals surface area (Å²) in [6.07, 6.45) is 0. The average molecular weight is 5960 g/mol. The first-order valence-corrected chi connectivity index (χ1v) is 0. The van der Waals surface area contributed by atoms with Gasteiger partial charge in [0.15, 0.2) is 0 Å². The van der Waals surface area contributed by atoms with E-state index in [4.69, 9.17) is 0 Å². The van der Waals surface area contributed by atoms with Crippen molar-refractivity contribution in [2.24, 2.45) is 0 Å². The fourth-order valence-electron chi connectivity index (χ4n) is 0. The van der Waals surface area contributed by atoms with Crippen molar-refractivity contribution in [2.45, 2.75) is 0 Å². The van der Waals surface area contributed by atoms with Gasteiger partial charge < -0.3 is 849 Å². The molecule has 0 saturated heterocycles. The van der Waals surface area contributed by atoms with Crippen LogP contribution in [-0.4, -0.2) is 0 Å². The van der Waals surface area contributed by atoms with Crippen molar-refractivity contribution in [1.82, 2.24) is 0 Å². The van der Waals surface area contributed by atoms with Crippen molar-refractivity contribution >= 4 is 340 Å². The number of rotatable bonds is 0. The molecule has 0 spiro atoms. The standard InChI is InChI=1S/70BrH.50Li/h70*1H;;;;;;;;;;;;;;;;;;;;;;;;;;;;;;;;;;;;;;;;;;;;;;;;;;/q;;;;;;;;;;;;;;;;;;;;;;;;;;;;;;;;;;;;;;;;;;;;;;;;;;;;;;;;;;;;;;;;;;;;;;50*+1/p-50. The van der Waals surface area contributed by atoms with E-state index < -0.39 is 0 Å². The zero-order valence-electron chi connectivity index (χ0n) is 77.1. The minimum absolute atomic E-state index is 0. The first kappa shape index (κ1) is 1520. The quantitative estimate of drug-likeness (QED) is 0.212. The summed E-state index contributed by atoms with van der Waals surface area (Å²) in [4.78, 5) is 0. The Hall–Kier alpha value is 63.5. The second-order valence-corrected chi connectivity index (χ2v) is 0. The molecule has 0 aromatic carbocycles. The van der Waals surface area contributed by atoms with Crippen LogP contribution in [0.5, 0.6) is 0 Å². The third-order valence-corrected chi connectivity index (χ3v) is 0. The molecule has 0 saturated carbocycles. The van der Waals surface area contributed by atoms with E-state index in [1.165, 1.54) is 0 Å². The monoisotopic (exact) mass is 5900 g/mol. The van der Waals surface area contributed by atoms with Crippen molar-refractivity contribution < 1.29 is 1790 Å². The summed E-state index contributed by atoms with van der Waals surface area (Å²) in [5, 5.41) is 0. The van der Waals surface area contributed by atoms with E-state index in [0.29, 0.717) is 0 Å². The predicted octanol–water partition coefficient (Wildman–Crippen LogP) is -288. The Morgan fingerprint density at radius 2 is 0.0250 bits per heavy atom. The Balaban J connectivity index is 0. The normalized spacial score (nSPS) is 0. The van der Waals surface area contributed by atoms with Gasteiger partial charge in [-0.15, -0.1) is 340 Å². The second-order valence-electron chi connectivity index (χ2n) is 0. The van der Waals surface area contributed by atoms with E-state index >= 15 is 0 Å². The van der Waals surface area contributed by atoms with E-state index in [1.54, 1.807) is 0 Å². The Kier molecular flexibility index (Phi) is 18800. The summed E-state index contributed by atoms with van der Waals surface area (Å²) in [6.45, 7) is 0. The Labute approximate surface area is 2070 Å². The molecule has 0 amide bonds. The maximum absolute atomic E-state index is 0. The first-order valence-electron chi connectivity index (χ1n) is 0. The van der Waals surface area contributed by atoms with Crippen LogP contribution in [0.25, 0.3) is 0 Å². The molecule has 0 fully saturated rings. The van der Waals surface area contributed by atoms with Gasteiger partial charge in [0.1, 0.15) is 0 Å². The molecule has 560 valence electrons. The third-order valence-electron chi connectivity index (χ3n) is 0. The van der Waals surface area contributed by atoms with Crippen molar-refractivity contribution in [3.8, 4) is 0 Å². The summed E-state index contributed by atoms with van der Waals surface area (Å²) in [5.41, 5.74) is 0. The SMILES string of the molecule is Br.Br.Br.Br.Br.Br.Br.Br.Br.Br.Br.Br.Br.Br.Br.Br.Br.Br.Br.Br.[Br-].[Br-].[Br-].[Br-].[Br-].[Br-].[Br-].[Br-].[Br-].[Br-].[Br-].[Br-].[Br-].[Br-].[Br-].[Br-].[Br-].[Br-].[Br-].[Br-].[Br-].[Br-].[Br-].[Br-].[Br-].[Br-].[Br-].[Br-].[Br-].[Br-].[Br-].[Br-].[Br-].[Br-].[Br-].[Br-].[Br-].[Br-].[Br-].[Br-].[Br-].[Br-].[Br-].[Br-].[Br-].[Br-].[Br-].[Br-].[Br-].[Br-].[Li+].[Li+].[Li+].[Li+].[Li+].[Li+].[Li+].[Li+].[Li+].[Li+].[Li+].[Li+].[Li+].[Li+].[Li+].[Li+].[Li+].[Li+].[Li+].[Li+].[Li+].[Li+].[Li+].[Li+].[Li+].[Li+].[Li+].[Li+].[Li+].[Li+].[Li+].[Li+].[Li+].[Li+].[Li+].[Li+].[Li+].[Li+].[Li+].[Li+].[Li+].[Li+].[Li+].[Li+].[Li+].[Li+].[Li+].[Li+].[Li+].[Li+]. The molecule has 0 heterocycles. The molecule has 120 heteroatoms. The fraction of sp³-hybridized carbons (Fsp3) is 0. The van der Waals surface area contributed by atoms with Gasteiger partial charge in [0.25, 0.3) is 0 Å². The Morgan fingerprint density at radius 1 is 0.0250 bits per heavy atom. The van der Waals surface area contributed by atoms with Crippen LogP contribution in [0, 0.1) is 0 Å². The van der Waals surface area contributed by atoms with Crippen LogP contribution < -0.4 is 1790 Å². The first-order chi connectivity index (χ1) is 0. The smallest absolute Gasteiger partial charge is 1.00 e. The summed E-state index contributed by atoms with van der Waals surface area (Å²) in [5.74, 6) is 0. The second kappa shape index (κ2) is 1490.